The lowest BCUT2D eigenvalue weighted by atomic mass is 10.1. The first kappa shape index (κ1) is 21.6. The number of carbonyl (C=O) groups excluding carboxylic acids is 2. The van der Waals surface area contributed by atoms with Crippen molar-refractivity contribution in [2.75, 3.05) is 19.6 Å². The lowest BCUT2D eigenvalue weighted by molar-refractivity contribution is -0.842. The van der Waals surface area contributed by atoms with E-state index >= 15 is 0 Å². The largest absolute Gasteiger partial charge is 0.634 e. The Morgan fingerprint density at radius 1 is 1.25 bits per heavy atom. The zero-order chi connectivity index (χ0) is 20.9. The van der Waals surface area contributed by atoms with Crippen molar-refractivity contribution in [3.63, 3.8) is 0 Å². The molecule has 28 heavy (non-hydrogen) atoms. The van der Waals surface area contributed by atoms with Crippen LogP contribution in [0.5, 0.6) is 0 Å². The van der Waals surface area contributed by atoms with Crippen LogP contribution < -0.4 is 27.2 Å². The number of nitrogens with one attached hydrogen (secondary N) is 3. The standard InChI is InChI=1S/C18H28N6O4/c1-11-12(2)18(11,22-15(25)7-19)10-24(28)9-16(26)21-8-13-3-5-14(6-4-13)17(20)23-27/h3-6,11-12,24,27H,7-10,19H2,1-2H3,(H2,20,23)(H,21,26)(H,22,25). The van der Waals surface area contributed by atoms with Gasteiger partial charge in [-0.1, -0.05) is 43.3 Å². The molecule has 10 nitrogen and oxygen atoms in total. The lowest BCUT2D eigenvalue weighted by Crippen LogP contribution is -3.10. The van der Waals surface area contributed by atoms with Crippen molar-refractivity contribution in [2.24, 2.45) is 28.5 Å². The molecule has 0 heterocycles. The molecule has 0 aromatic heterocycles. The van der Waals surface area contributed by atoms with E-state index in [4.69, 9.17) is 16.7 Å². The minimum Gasteiger partial charge on any atom is -0.634 e. The molecule has 0 aliphatic heterocycles. The third-order valence-electron chi connectivity index (χ3n) is 5.52. The normalized spacial score (nSPS) is 25.1. The van der Waals surface area contributed by atoms with Crippen LogP contribution in [0.3, 0.4) is 0 Å². The molecule has 0 spiro atoms. The van der Waals surface area contributed by atoms with Crippen LogP contribution in [0.4, 0.5) is 0 Å². The summed E-state index contributed by atoms with van der Waals surface area (Å²) < 4.78 is 0. The molecule has 10 heteroatoms. The second-order valence-electron chi connectivity index (χ2n) is 7.22. The van der Waals surface area contributed by atoms with Gasteiger partial charge in [0.2, 0.25) is 5.91 Å². The number of benzene rings is 1. The molecule has 0 saturated heterocycles. The Kier molecular flexibility index (Phi) is 6.95. The molecule has 8 N–H and O–H groups in total. The van der Waals surface area contributed by atoms with E-state index in [-0.39, 0.29) is 60.7 Å². The van der Waals surface area contributed by atoms with E-state index in [2.05, 4.69) is 15.8 Å². The molecule has 1 aromatic rings. The highest BCUT2D eigenvalue weighted by Gasteiger charge is 2.62. The number of amidine groups is 1. The molecule has 154 valence electrons. The molecular weight excluding hydrogens is 364 g/mol. The Labute approximate surface area is 163 Å². The number of quaternary nitrogens is 1. The molecule has 1 saturated carbocycles. The SMILES string of the molecule is CC1C(C)C1(C[NH+]([O-])CC(=O)NCc1ccc(/C(N)=N/O)cc1)NC(=O)CN. The van der Waals surface area contributed by atoms with E-state index in [9.17, 15) is 14.8 Å². The first-order valence-corrected chi connectivity index (χ1v) is 9.09. The Morgan fingerprint density at radius 3 is 2.36 bits per heavy atom. The van der Waals surface area contributed by atoms with E-state index in [1.807, 2.05) is 13.8 Å². The summed E-state index contributed by atoms with van der Waals surface area (Å²) in [6.45, 7) is 3.92. The fourth-order valence-corrected chi connectivity index (χ4v) is 3.45. The average Bonchev–Trinajstić information content (AvgIpc) is 3.17. The fraction of sp³-hybridized carbons (Fsp3) is 0.500. The number of nitrogens with two attached hydrogens (primary N) is 2. The second kappa shape index (κ2) is 9.00. The molecule has 1 fully saturated rings. The summed E-state index contributed by atoms with van der Waals surface area (Å²) in [6, 6.07) is 6.81. The van der Waals surface area contributed by atoms with Crippen LogP contribution in [-0.2, 0) is 16.1 Å². The van der Waals surface area contributed by atoms with Crippen molar-refractivity contribution in [3.8, 4) is 0 Å². The van der Waals surface area contributed by atoms with Gasteiger partial charge in [0.25, 0.3) is 5.91 Å². The first-order chi connectivity index (χ1) is 13.2. The van der Waals surface area contributed by atoms with Crippen molar-refractivity contribution in [1.29, 1.82) is 0 Å². The van der Waals surface area contributed by atoms with Crippen molar-refractivity contribution >= 4 is 17.6 Å². The molecular formula is C18H28N6O4. The van der Waals surface area contributed by atoms with Gasteiger partial charge < -0.3 is 37.6 Å². The third-order valence-corrected chi connectivity index (χ3v) is 5.52. The van der Waals surface area contributed by atoms with Crippen molar-refractivity contribution in [3.05, 3.63) is 40.6 Å². The zero-order valence-electron chi connectivity index (χ0n) is 16.1. The van der Waals surface area contributed by atoms with Crippen molar-refractivity contribution < 1.29 is 19.9 Å². The van der Waals surface area contributed by atoms with Gasteiger partial charge >= 0.3 is 0 Å². The summed E-state index contributed by atoms with van der Waals surface area (Å²) in [6.07, 6.45) is 0. The number of hydroxylamine groups is 2. The Morgan fingerprint density at radius 2 is 1.86 bits per heavy atom. The van der Waals surface area contributed by atoms with Gasteiger partial charge in [0.15, 0.2) is 12.4 Å². The van der Waals surface area contributed by atoms with E-state index in [0.717, 1.165) is 5.56 Å². The maximum atomic E-state index is 12.3. The third kappa shape index (κ3) is 4.97. The van der Waals surface area contributed by atoms with Gasteiger partial charge in [0, 0.05) is 12.1 Å². The fourth-order valence-electron chi connectivity index (χ4n) is 3.45. The minimum absolute atomic E-state index is 0.000343. The molecule has 0 radical (unpaired) electrons. The van der Waals surface area contributed by atoms with E-state index in [1.54, 1.807) is 24.3 Å². The molecule has 3 atom stereocenters. The zero-order valence-corrected chi connectivity index (χ0v) is 16.1. The quantitative estimate of drug-likeness (QED) is 0.121. The van der Waals surface area contributed by atoms with Crippen LogP contribution in [0.15, 0.2) is 29.4 Å². The van der Waals surface area contributed by atoms with E-state index < -0.39 is 5.54 Å². The van der Waals surface area contributed by atoms with Gasteiger partial charge in [0.05, 0.1) is 12.1 Å². The molecule has 1 aliphatic carbocycles. The Bertz CT molecular complexity index is 728. The topological polar surface area (TPSA) is 170 Å². The number of oxime groups is 1. The Hall–Kier alpha value is -2.69. The molecule has 3 unspecified atom stereocenters. The highest BCUT2D eigenvalue weighted by molar-refractivity contribution is 5.96. The number of carbonyl (C=O) groups is 2. The smallest absolute Gasteiger partial charge is 0.275 e. The number of amides is 2. The van der Waals surface area contributed by atoms with Crippen LogP contribution in [0.25, 0.3) is 0 Å². The maximum Gasteiger partial charge on any atom is 0.275 e. The van der Waals surface area contributed by atoms with Gasteiger partial charge in [-0.3, -0.25) is 9.59 Å². The molecule has 2 rings (SSSR count). The summed E-state index contributed by atoms with van der Waals surface area (Å²) in [7, 11) is 0. The number of hydrogen-bond acceptors (Lipinski definition) is 6. The highest BCUT2D eigenvalue weighted by Crippen LogP contribution is 2.48. The summed E-state index contributed by atoms with van der Waals surface area (Å²) >= 11 is 0. The van der Waals surface area contributed by atoms with Crippen LogP contribution in [0.1, 0.15) is 25.0 Å². The molecule has 0 bridgehead atoms. The maximum absolute atomic E-state index is 12.3. The number of nitrogens with zero attached hydrogens (tertiary/aromatic N) is 1. The predicted molar refractivity (Wildman–Crippen MR) is 103 cm³/mol. The minimum atomic E-state index is -0.599. The van der Waals surface area contributed by atoms with Gasteiger partial charge in [-0.2, -0.15) is 0 Å². The molecule has 1 aliphatic rings. The van der Waals surface area contributed by atoms with Crippen LogP contribution in [-0.4, -0.2) is 48.0 Å². The summed E-state index contributed by atoms with van der Waals surface area (Å²) in [4.78, 5) is 23.7. The number of rotatable bonds is 9. The highest BCUT2D eigenvalue weighted by atomic mass is 16.5. The second-order valence-corrected chi connectivity index (χ2v) is 7.22. The van der Waals surface area contributed by atoms with Crippen LogP contribution in [0, 0.1) is 17.0 Å². The van der Waals surface area contributed by atoms with Crippen LogP contribution in [0.2, 0.25) is 0 Å². The number of hydrogen-bond donors (Lipinski definition) is 6. The Balaban J connectivity index is 1.83. The van der Waals surface area contributed by atoms with Crippen molar-refractivity contribution in [1.82, 2.24) is 10.6 Å². The van der Waals surface area contributed by atoms with Crippen molar-refractivity contribution in [2.45, 2.75) is 25.9 Å². The summed E-state index contributed by atoms with van der Waals surface area (Å²) in [5.74, 6) is -0.372. The first-order valence-electron chi connectivity index (χ1n) is 9.09. The molecule has 2 amide bonds. The lowest BCUT2D eigenvalue weighted by Gasteiger charge is -2.28. The van der Waals surface area contributed by atoms with Crippen LogP contribution >= 0.6 is 0 Å². The van der Waals surface area contributed by atoms with Gasteiger partial charge in [-0.15, -0.1) is 0 Å². The van der Waals surface area contributed by atoms with Gasteiger partial charge in [-0.25, -0.2) is 0 Å². The summed E-state index contributed by atoms with van der Waals surface area (Å²) in [5, 5.41) is 29.2. The van der Waals surface area contributed by atoms with Gasteiger partial charge in [0.1, 0.15) is 6.54 Å². The summed E-state index contributed by atoms with van der Waals surface area (Å²) in [5.41, 5.74) is 11.6. The van der Waals surface area contributed by atoms with E-state index in [0.29, 0.717) is 5.56 Å². The average molecular weight is 392 g/mol. The predicted octanol–water partition coefficient (Wildman–Crippen LogP) is -2.12. The van der Waals surface area contributed by atoms with E-state index in [1.165, 1.54) is 0 Å². The monoisotopic (exact) mass is 392 g/mol. The van der Waals surface area contributed by atoms with Gasteiger partial charge in [-0.05, 0) is 17.4 Å². The molecule has 1 aromatic carbocycles.